The Balaban J connectivity index is 1.84. The summed E-state index contributed by atoms with van der Waals surface area (Å²) in [6.07, 6.45) is 0.885. The second-order valence-electron chi connectivity index (χ2n) is 5.25. The molecule has 23 heavy (non-hydrogen) atoms. The lowest BCUT2D eigenvalue weighted by atomic mass is 10.1. The first-order valence-corrected chi connectivity index (χ1v) is 8.44. The van der Waals surface area contributed by atoms with Gasteiger partial charge in [-0.25, -0.2) is 4.79 Å². The van der Waals surface area contributed by atoms with Crippen molar-refractivity contribution < 1.29 is 9.59 Å². The molecule has 2 rings (SSSR count). The minimum absolute atomic E-state index is 0.104. The predicted octanol–water partition coefficient (Wildman–Crippen LogP) is 3.60. The van der Waals surface area contributed by atoms with E-state index in [9.17, 15) is 9.59 Å². The number of amides is 3. The van der Waals surface area contributed by atoms with E-state index in [-0.39, 0.29) is 18.0 Å². The first-order valence-electron chi connectivity index (χ1n) is 7.56. The summed E-state index contributed by atoms with van der Waals surface area (Å²) in [7, 11) is 0. The number of nitrogens with one attached hydrogen (secondary N) is 3. The van der Waals surface area contributed by atoms with Gasteiger partial charge >= 0.3 is 6.03 Å². The van der Waals surface area contributed by atoms with Crippen molar-refractivity contribution in [1.29, 1.82) is 0 Å². The zero-order chi connectivity index (χ0) is 16.7. The van der Waals surface area contributed by atoms with Crippen LogP contribution in [-0.2, 0) is 6.54 Å². The fourth-order valence-electron chi connectivity index (χ4n) is 1.87. The van der Waals surface area contributed by atoms with Crippen molar-refractivity contribution in [3.63, 3.8) is 0 Å². The number of anilines is 1. The molecule has 1 aromatic carbocycles. The number of hydrogen-bond donors (Lipinski definition) is 3. The minimum atomic E-state index is -0.268. The predicted molar refractivity (Wildman–Crippen MR) is 93.8 cm³/mol. The highest BCUT2D eigenvalue weighted by Crippen LogP contribution is 2.11. The average molecular weight is 331 g/mol. The van der Waals surface area contributed by atoms with Gasteiger partial charge in [0.1, 0.15) is 0 Å². The molecule has 0 spiro atoms. The van der Waals surface area contributed by atoms with Gasteiger partial charge in [0.2, 0.25) is 0 Å². The van der Waals surface area contributed by atoms with E-state index in [1.807, 2.05) is 31.4 Å². The zero-order valence-corrected chi connectivity index (χ0v) is 14.1. The van der Waals surface area contributed by atoms with Crippen LogP contribution in [0.3, 0.4) is 0 Å². The Labute approximate surface area is 140 Å². The van der Waals surface area contributed by atoms with E-state index in [1.165, 1.54) is 0 Å². The Hall–Kier alpha value is -2.34. The number of carbonyl (C=O) groups excluding carboxylic acids is 2. The van der Waals surface area contributed by atoms with Gasteiger partial charge in [-0.1, -0.05) is 13.0 Å². The zero-order valence-electron chi connectivity index (χ0n) is 13.3. The van der Waals surface area contributed by atoms with Crippen LogP contribution < -0.4 is 16.0 Å². The van der Waals surface area contributed by atoms with Gasteiger partial charge in [0.15, 0.2) is 0 Å². The Morgan fingerprint density at radius 1 is 1.17 bits per heavy atom. The molecule has 5 nitrogen and oxygen atoms in total. The smallest absolute Gasteiger partial charge is 0.319 e. The second-order valence-corrected chi connectivity index (χ2v) is 6.28. The topological polar surface area (TPSA) is 70.2 Å². The van der Waals surface area contributed by atoms with Gasteiger partial charge in [0.05, 0.1) is 6.54 Å². The molecular formula is C17H21N3O2S. The molecule has 0 saturated carbocycles. The van der Waals surface area contributed by atoms with Crippen molar-refractivity contribution in [2.24, 2.45) is 0 Å². The number of benzene rings is 1. The Morgan fingerprint density at radius 2 is 1.91 bits per heavy atom. The van der Waals surface area contributed by atoms with Crippen molar-refractivity contribution in [2.75, 3.05) is 5.32 Å². The molecule has 122 valence electrons. The maximum atomic E-state index is 12.0. The molecule has 0 aliphatic rings. The summed E-state index contributed by atoms with van der Waals surface area (Å²) < 4.78 is 0. The van der Waals surface area contributed by atoms with E-state index in [1.54, 1.807) is 35.6 Å². The maximum absolute atomic E-state index is 12.0. The largest absolute Gasteiger partial charge is 0.350 e. The van der Waals surface area contributed by atoms with E-state index in [2.05, 4.69) is 16.0 Å². The summed E-state index contributed by atoms with van der Waals surface area (Å²) >= 11 is 1.60. The first kappa shape index (κ1) is 17.0. The van der Waals surface area contributed by atoms with Crippen LogP contribution in [0.25, 0.3) is 0 Å². The third-order valence-corrected chi connectivity index (χ3v) is 4.27. The number of hydrogen-bond acceptors (Lipinski definition) is 3. The molecule has 1 unspecified atom stereocenters. The fourth-order valence-corrected chi connectivity index (χ4v) is 2.51. The molecule has 3 amide bonds. The van der Waals surface area contributed by atoms with E-state index >= 15 is 0 Å². The molecule has 0 aliphatic carbocycles. The molecule has 0 aliphatic heterocycles. The van der Waals surface area contributed by atoms with Crippen molar-refractivity contribution in [3.05, 3.63) is 52.2 Å². The minimum Gasteiger partial charge on any atom is -0.350 e. The maximum Gasteiger partial charge on any atom is 0.319 e. The number of urea groups is 1. The molecule has 6 heteroatoms. The summed E-state index contributed by atoms with van der Waals surface area (Å²) in [6, 6.07) is 10.6. The third kappa shape index (κ3) is 5.41. The summed E-state index contributed by atoms with van der Waals surface area (Å²) in [4.78, 5) is 24.9. The van der Waals surface area contributed by atoms with Crippen molar-refractivity contribution >= 4 is 29.0 Å². The molecule has 0 radical (unpaired) electrons. The SMILES string of the molecule is CCC(C)NC(=O)c1ccc(NC(=O)NCc2cccs2)cc1. The normalized spacial score (nSPS) is 11.6. The Kier molecular flexibility index (Phi) is 6.17. The van der Waals surface area contributed by atoms with Crippen molar-refractivity contribution in [3.8, 4) is 0 Å². The van der Waals surface area contributed by atoms with Gasteiger partial charge in [0.25, 0.3) is 5.91 Å². The second kappa shape index (κ2) is 8.33. The van der Waals surface area contributed by atoms with Crippen LogP contribution in [0.15, 0.2) is 41.8 Å². The summed E-state index contributed by atoms with van der Waals surface area (Å²) in [5.41, 5.74) is 1.23. The van der Waals surface area contributed by atoms with Crippen LogP contribution >= 0.6 is 11.3 Å². The summed E-state index contributed by atoms with van der Waals surface area (Å²) in [5.74, 6) is -0.104. The van der Waals surface area contributed by atoms with Crippen molar-refractivity contribution in [1.82, 2.24) is 10.6 Å². The molecule has 0 fully saturated rings. The van der Waals surface area contributed by atoms with Gasteiger partial charge in [0, 0.05) is 22.2 Å². The lowest BCUT2D eigenvalue weighted by Gasteiger charge is -2.12. The molecule has 0 bridgehead atoms. The van der Waals surface area contributed by atoms with E-state index < -0.39 is 0 Å². The fraction of sp³-hybridized carbons (Fsp3) is 0.294. The lowest BCUT2D eigenvalue weighted by Crippen LogP contribution is -2.32. The molecule has 1 aromatic heterocycles. The number of rotatable bonds is 6. The number of carbonyl (C=O) groups is 2. The highest BCUT2D eigenvalue weighted by molar-refractivity contribution is 7.09. The van der Waals surface area contributed by atoms with Gasteiger partial charge in [-0.05, 0) is 49.1 Å². The van der Waals surface area contributed by atoms with Crippen LogP contribution in [-0.4, -0.2) is 18.0 Å². The van der Waals surface area contributed by atoms with Crippen LogP contribution in [0.4, 0.5) is 10.5 Å². The van der Waals surface area contributed by atoms with Gasteiger partial charge in [-0.15, -0.1) is 11.3 Å². The van der Waals surface area contributed by atoms with Crippen LogP contribution in [0.5, 0.6) is 0 Å². The standard InChI is InChI=1S/C17H21N3O2S/c1-3-12(2)19-16(21)13-6-8-14(9-7-13)20-17(22)18-11-15-5-4-10-23-15/h4-10,12H,3,11H2,1-2H3,(H,19,21)(H2,18,20,22). The van der Waals surface area contributed by atoms with Gasteiger partial charge in [-0.3, -0.25) is 4.79 Å². The Bertz CT molecular complexity index is 638. The monoisotopic (exact) mass is 331 g/mol. The Morgan fingerprint density at radius 3 is 2.52 bits per heavy atom. The summed E-state index contributed by atoms with van der Waals surface area (Å²) in [5, 5.41) is 10.4. The quantitative estimate of drug-likeness (QED) is 0.757. The van der Waals surface area contributed by atoms with Gasteiger partial charge < -0.3 is 16.0 Å². The van der Waals surface area contributed by atoms with E-state index in [4.69, 9.17) is 0 Å². The van der Waals surface area contributed by atoms with Crippen molar-refractivity contribution in [2.45, 2.75) is 32.9 Å². The van der Waals surface area contributed by atoms with E-state index in [0.29, 0.717) is 17.8 Å². The molecular weight excluding hydrogens is 310 g/mol. The van der Waals surface area contributed by atoms with Crippen LogP contribution in [0.1, 0.15) is 35.5 Å². The summed E-state index contributed by atoms with van der Waals surface area (Å²) in [6.45, 7) is 4.48. The van der Waals surface area contributed by atoms with Crippen LogP contribution in [0.2, 0.25) is 0 Å². The molecule has 0 saturated heterocycles. The molecule has 3 N–H and O–H groups in total. The highest BCUT2D eigenvalue weighted by atomic mass is 32.1. The molecule has 2 aromatic rings. The molecule has 1 heterocycles. The lowest BCUT2D eigenvalue weighted by molar-refractivity contribution is 0.0939. The first-order chi connectivity index (χ1) is 11.1. The van der Waals surface area contributed by atoms with Gasteiger partial charge in [-0.2, -0.15) is 0 Å². The third-order valence-electron chi connectivity index (χ3n) is 3.40. The average Bonchev–Trinajstić information content (AvgIpc) is 3.07. The highest BCUT2D eigenvalue weighted by Gasteiger charge is 2.09. The van der Waals surface area contributed by atoms with E-state index in [0.717, 1.165) is 11.3 Å². The van der Waals surface area contributed by atoms with Crippen LogP contribution in [0, 0.1) is 0 Å². The molecule has 1 atom stereocenters. The number of thiophene rings is 1.